The number of nitrogens with zero attached hydrogens (tertiary/aromatic N) is 1. The third kappa shape index (κ3) is 3.77. The van der Waals surface area contributed by atoms with E-state index >= 15 is 0 Å². The van der Waals surface area contributed by atoms with Gasteiger partial charge in [0.25, 0.3) is 0 Å². The standard InChI is InChI=1S/C15H19FN2O3/c16-11-10-17-8-5-12(11)18-13(19)9-15(14(20)21)6-3-1-2-4-7-15/h5,8,10H,1-4,6-7,9H2,(H,20,21)(H,17,18,19). The molecule has 5 nitrogen and oxygen atoms in total. The van der Waals surface area contributed by atoms with Gasteiger partial charge in [-0.1, -0.05) is 25.7 Å². The summed E-state index contributed by atoms with van der Waals surface area (Å²) in [4.78, 5) is 27.3. The molecule has 2 N–H and O–H groups in total. The van der Waals surface area contributed by atoms with Crippen molar-refractivity contribution >= 4 is 17.6 Å². The summed E-state index contributed by atoms with van der Waals surface area (Å²) < 4.78 is 13.5. The molecule has 0 bridgehead atoms. The van der Waals surface area contributed by atoms with Crippen LogP contribution >= 0.6 is 0 Å². The normalized spacial score (nSPS) is 17.8. The van der Waals surface area contributed by atoms with Crippen LogP contribution in [0.15, 0.2) is 18.5 Å². The highest BCUT2D eigenvalue weighted by Crippen LogP contribution is 2.38. The second-order valence-corrected chi connectivity index (χ2v) is 5.58. The van der Waals surface area contributed by atoms with E-state index in [1.54, 1.807) is 0 Å². The number of aliphatic carboxylic acids is 1. The number of carbonyl (C=O) groups is 2. The Labute approximate surface area is 122 Å². The topological polar surface area (TPSA) is 79.3 Å². The fourth-order valence-corrected chi connectivity index (χ4v) is 2.85. The zero-order valence-electron chi connectivity index (χ0n) is 11.8. The van der Waals surface area contributed by atoms with E-state index in [4.69, 9.17) is 0 Å². The largest absolute Gasteiger partial charge is 0.481 e. The molecule has 1 heterocycles. The Balaban J connectivity index is 2.08. The Morgan fingerprint density at radius 3 is 2.52 bits per heavy atom. The van der Waals surface area contributed by atoms with Crippen molar-refractivity contribution in [3.63, 3.8) is 0 Å². The Kier molecular flexibility index (Phi) is 4.88. The monoisotopic (exact) mass is 294 g/mol. The minimum atomic E-state index is -1.02. The molecule has 1 saturated carbocycles. The molecule has 1 aliphatic rings. The van der Waals surface area contributed by atoms with Crippen LogP contribution in [-0.4, -0.2) is 22.0 Å². The third-order valence-electron chi connectivity index (χ3n) is 4.06. The van der Waals surface area contributed by atoms with Gasteiger partial charge in [-0.3, -0.25) is 14.6 Å². The fourth-order valence-electron chi connectivity index (χ4n) is 2.85. The first kappa shape index (κ1) is 15.4. The number of amides is 1. The van der Waals surface area contributed by atoms with Crippen LogP contribution in [-0.2, 0) is 9.59 Å². The molecule has 0 atom stereocenters. The lowest BCUT2D eigenvalue weighted by Gasteiger charge is -2.27. The maximum Gasteiger partial charge on any atom is 0.310 e. The summed E-state index contributed by atoms with van der Waals surface area (Å²) in [5.74, 6) is -2.03. The Bertz CT molecular complexity index is 525. The minimum Gasteiger partial charge on any atom is -0.481 e. The second kappa shape index (κ2) is 6.65. The molecule has 0 spiro atoms. The summed E-state index contributed by atoms with van der Waals surface area (Å²) in [6, 6.07) is 1.35. The van der Waals surface area contributed by atoms with E-state index < -0.39 is 23.1 Å². The number of carboxylic acid groups (broad SMARTS) is 1. The van der Waals surface area contributed by atoms with Gasteiger partial charge >= 0.3 is 5.97 Å². The zero-order chi connectivity index (χ0) is 15.3. The second-order valence-electron chi connectivity index (χ2n) is 5.58. The van der Waals surface area contributed by atoms with Gasteiger partial charge in [0.1, 0.15) is 0 Å². The molecule has 0 saturated heterocycles. The molecule has 21 heavy (non-hydrogen) atoms. The quantitative estimate of drug-likeness (QED) is 0.837. The highest BCUT2D eigenvalue weighted by atomic mass is 19.1. The lowest BCUT2D eigenvalue weighted by Crippen LogP contribution is -2.35. The number of hydrogen-bond donors (Lipinski definition) is 2. The van der Waals surface area contributed by atoms with Gasteiger partial charge in [-0.2, -0.15) is 0 Å². The average molecular weight is 294 g/mol. The molecule has 6 heteroatoms. The van der Waals surface area contributed by atoms with Gasteiger partial charge in [0.15, 0.2) is 5.82 Å². The third-order valence-corrected chi connectivity index (χ3v) is 4.06. The molecule has 0 aliphatic heterocycles. The summed E-state index contributed by atoms with van der Waals surface area (Å²) in [5.41, 5.74) is -0.992. The van der Waals surface area contributed by atoms with Gasteiger partial charge in [0.05, 0.1) is 17.3 Å². The molecule has 114 valence electrons. The summed E-state index contributed by atoms with van der Waals surface area (Å²) in [5, 5.41) is 12.0. The maximum atomic E-state index is 13.5. The van der Waals surface area contributed by atoms with Crippen LogP contribution in [0.2, 0.25) is 0 Å². The van der Waals surface area contributed by atoms with E-state index in [-0.39, 0.29) is 12.1 Å². The van der Waals surface area contributed by atoms with Crippen LogP contribution in [0.4, 0.5) is 10.1 Å². The lowest BCUT2D eigenvalue weighted by molar-refractivity contribution is -0.152. The number of aromatic nitrogens is 1. The van der Waals surface area contributed by atoms with Crippen LogP contribution < -0.4 is 5.32 Å². The van der Waals surface area contributed by atoms with E-state index in [0.717, 1.165) is 31.9 Å². The van der Waals surface area contributed by atoms with Crippen molar-refractivity contribution in [3.8, 4) is 0 Å². The van der Waals surface area contributed by atoms with Crippen molar-refractivity contribution < 1.29 is 19.1 Å². The summed E-state index contributed by atoms with van der Waals surface area (Å²) in [6.07, 6.45) is 6.86. The Morgan fingerprint density at radius 1 is 1.29 bits per heavy atom. The molecule has 0 unspecified atom stereocenters. The number of nitrogens with one attached hydrogen (secondary N) is 1. The van der Waals surface area contributed by atoms with Crippen LogP contribution in [0.25, 0.3) is 0 Å². The number of carbonyl (C=O) groups excluding carboxylic acids is 1. The van der Waals surface area contributed by atoms with Crippen molar-refractivity contribution in [2.24, 2.45) is 5.41 Å². The molecule has 1 aromatic rings. The van der Waals surface area contributed by atoms with Gasteiger partial charge < -0.3 is 10.4 Å². The highest BCUT2D eigenvalue weighted by molar-refractivity contribution is 5.94. The van der Waals surface area contributed by atoms with E-state index in [0.29, 0.717) is 12.8 Å². The van der Waals surface area contributed by atoms with Crippen LogP contribution in [0.1, 0.15) is 44.9 Å². The zero-order valence-corrected chi connectivity index (χ0v) is 11.8. The van der Waals surface area contributed by atoms with Gasteiger partial charge in [0.2, 0.25) is 5.91 Å². The summed E-state index contributed by atoms with van der Waals surface area (Å²) >= 11 is 0. The molecule has 1 fully saturated rings. The van der Waals surface area contributed by atoms with Crippen molar-refractivity contribution in [3.05, 3.63) is 24.3 Å². The molecule has 2 rings (SSSR count). The van der Waals surface area contributed by atoms with Crippen molar-refractivity contribution in [2.75, 3.05) is 5.32 Å². The molecule has 1 aliphatic carbocycles. The SMILES string of the molecule is O=C(CC1(C(=O)O)CCCCCC1)Nc1ccncc1F. The number of hydrogen-bond acceptors (Lipinski definition) is 3. The molecule has 1 aromatic heterocycles. The van der Waals surface area contributed by atoms with E-state index in [9.17, 15) is 19.1 Å². The summed E-state index contributed by atoms with van der Waals surface area (Å²) in [7, 11) is 0. The predicted octanol–water partition coefficient (Wildman–Crippen LogP) is 2.97. The molecule has 0 aromatic carbocycles. The van der Waals surface area contributed by atoms with Crippen molar-refractivity contribution in [1.29, 1.82) is 0 Å². The predicted molar refractivity (Wildman–Crippen MR) is 75.2 cm³/mol. The first-order valence-electron chi connectivity index (χ1n) is 7.16. The van der Waals surface area contributed by atoms with Gasteiger partial charge in [0, 0.05) is 12.6 Å². The number of halogens is 1. The maximum absolute atomic E-state index is 13.5. The molecule has 1 amide bonds. The number of rotatable bonds is 4. The first-order valence-corrected chi connectivity index (χ1v) is 7.16. The lowest BCUT2D eigenvalue weighted by atomic mass is 9.77. The number of anilines is 1. The van der Waals surface area contributed by atoms with Gasteiger partial charge in [-0.25, -0.2) is 4.39 Å². The molecular formula is C15H19FN2O3. The van der Waals surface area contributed by atoms with Crippen molar-refractivity contribution in [2.45, 2.75) is 44.9 Å². The number of pyridine rings is 1. The Hall–Kier alpha value is -1.98. The van der Waals surface area contributed by atoms with E-state index in [2.05, 4.69) is 10.3 Å². The fraction of sp³-hybridized carbons (Fsp3) is 0.533. The van der Waals surface area contributed by atoms with E-state index in [1.165, 1.54) is 12.3 Å². The molecular weight excluding hydrogens is 275 g/mol. The Morgan fingerprint density at radius 2 is 1.95 bits per heavy atom. The van der Waals surface area contributed by atoms with Crippen LogP contribution in [0.3, 0.4) is 0 Å². The smallest absolute Gasteiger partial charge is 0.310 e. The number of carboxylic acids is 1. The van der Waals surface area contributed by atoms with Gasteiger partial charge in [-0.15, -0.1) is 0 Å². The van der Waals surface area contributed by atoms with Gasteiger partial charge in [-0.05, 0) is 18.9 Å². The minimum absolute atomic E-state index is 0.0316. The van der Waals surface area contributed by atoms with Crippen LogP contribution in [0, 0.1) is 11.2 Å². The van der Waals surface area contributed by atoms with E-state index in [1.807, 2.05) is 0 Å². The average Bonchev–Trinajstić information content (AvgIpc) is 2.68. The van der Waals surface area contributed by atoms with Crippen molar-refractivity contribution in [1.82, 2.24) is 4.98 Å². The van der Waals surface area contributed by atoms with Crippen LogP contribution in [0.5, 0.6) is 0 Å². The highest BCUT2D eigenvalue weighted by Gasteiger charge is 2.40. The first-order chi connectivity index (χ1) is 10.0. The molecule has 0 radical (unpaired) electrons. The summed E-state index contributed by atoms with van der Waals surface area (Å²) in [6.45, 7) is 0.